The second-order valence-electron chi connectivity index (χ2n) is 11.9. The molecule has 8 nitrogen and oxygen atoms in total. The van der Waals surface area contributed by atoms with E-state index in [1.165, 1.54) is 0 Å². The third-order valence-electron chi connectivity index (χ3n) is 8.43. The van der Waals surface area contributed by atoms with Gasteiger partial charge in [0.1, 0.15) is 0 Å². The Morgan fingerprint density at radius 1 is 0.308 bits per heavy atom. The molecule has 242 valence electrons. The Morgan fingerprint density at radius 2 is 0.635 bits per heavy atom. The van der Waals surface area contributed by atoms with Gasteiger partial charge < -0.3 is 0 Å². The summed E-state index contributed by atoms with van der Waals surface area (Å²) in [5, 5.41) is 19.8. The highest BCUT2D eigenvalue weighted by molar-refractivity contribution is 5.82. The van der Waals surface area contributed by atoms with Crippen molar-refractivity contribution in [2.24, 2.45) is 0 Å². The highest BCUT2D eigenvalue weighted by Gasteiger charge is 2.19. The van der Waals surface area contributed by atoms with Crippen LogP contribution in [0.4, 0.5) is 0 Å². The first-order valence-electron chi connectivity index (χ1n) is 16.5. The molecule has 0 spiro atoms. The van der Waals surface area contributed by atoms with Crippen molar-refractivity contribution in [1.29, 1.82) is 10.5 Å². The van der Waals surface area contributed by atoms with Gasteiger partial charge in [0, 0.05) is 33.4 Å². The molecule has 52 heavy (non-hydrogen) atoms. The molecule has 0 N–H and O–H groups in total. The van der Waals surface area contributed by atoms with Crippen molar-refractivity contribution in [2.75, 3.05) is 0 Å². The maximum atomic E-state index is 10.2. The molecule has 0 fully saturated rings. The molecule has 0 bridgehead atoms. The van der Waals surface area contributed by atoms with Crippen molar-refractivity contribution in [3.8, 4) is 91.6 Å². The van der Waals surface area contributed by atoms with Crippen LogP contribution < -0.4 is 0 Å². The van der Waals surface area contributed by atoms with Crippen molar-refractivity contribution >= 4 is 0 Å². The molecule has 8 heteroatoms. The zero-order valence-electron chi connectivity index (χ0n) is 27.6. The van der Waals surface area contributed by atoms with Gasteiger partial charge in [-0.1, -0.05) is 127 Å². The summed E-state index contributed by atoms with van der Waals surface area (Å²) in [4.78, 5) is 29.7. The van der Waals surface area contributed by atoms with Gasteiger partial charge in [0.25, 0.3) is 0 Å². The van der Waals surface area contributed by atoms with Crippen molar-refractivity contribution in [3.63, 3.8) is 0 Å². The molecular weight excluding hydrogens is 641 g/mol. The minimum absolute atomic E-state index is 0.360. The van der Waals surface area contributed by atoms with Crippen molar-refractivity contribution in [2.45, 2.75) is 0 Å². The lowest BCUT2D eigenvalue weighted by Gasteiger charge is -2.13. The van der Waals surface area contributed by atoms with Gasteiger partial charge in [0.05, 0.1) is 23.3 Å². The van der Waals surface area contributed by atoms with Crippen LogP contribution in [0.25, 0.3) is 79.5 Å². The molecular formula is C44H26N8. The summed E-state index contributed by atoms with van der Waals surface area (Å²) >= 11 is 0. The van der Waals surface area contributed by atoms with Crippen LogP contribution in [0.15, 0.2) is 158 Å². The van der Waals surface area contributed by atoms with Crippen LogP contribution >= 0.6 is 0 Å². The number of nitrogens with zero attached hydrogens (tertiary/aromatic N) is 8. The predicted molar refractivity (Wildman–Crippen MR) is 201 cm³/mol. The maximum absolute atomic E-state index is 10.2. The van der Waals surface area contributed by atoms with E-state index in [2.05, 4.69) is 12.1 Å². The first-order valence-corrected chi connectivity index (χ1v) is 16.5. The van der Waals surface area contributed by atoms with Crippen molar-refractivity contribution in [1.82, 2.24) is 29.9 Å². The van der Waals surface area contributed by atoms with Gasteiger partial charge in [0.2, 0.25) is 0 Å². The van der Waals surface area contributed by atoms with Crippen LogP contribution in [0.2, 0.25) is 0 Å². The summed E-state index contributed by atoms with van der Waals surface area (Å²) in [6.45, 7) is 0. The van der Waals surface area contributed by atoms with Gasteiger partial charge in [-0.05, 0) is 41.5 Å². The molecule has 8 rings (SSSR count). The lowest BCUT2D eigenvalue weighted by atomic mass is 9.94. The SMILES string of the molecule is N#Cc1ccc(-c2cc(-c3nc(-c4ccccc4)nc(-c4ccccc4)n3)cc(-c3nc(-c4ccccc4)nc(-c4ccccc4)n3)c2)c(C#N)c1. The van der Waals surface area contributed by atoms with Crippen molar-refractivity contribution in [3.05, 3.63) is 169 Å². The van der Waals surface area contributed by atoms with Gasteiger partial charge in [-0.25, -0.2) is 29.9 Å². The Kier molecular flexibility index (Phi) is 8.53. The normalized spacial score (nSPS) is 10.7. The molecule has 0 aliphatic carbocycles. The van der Waals surface area contributed by atoms with E-state index >= 15 is 0 Å². The van der Waals surface area contributed by atoms with Crippen LogP contribution in [-0.4, -0.2) is 29.9 Å². The highest BCUT2D eigenvalue weighted by Crippen LogP contribution is 2.35. The van der Waals surface area contributed by atoms with Gasteiger partial charge in [-0.15, -0.1) is 0 Å². The molecule has 0 unspecified atom stereocenters. The zero-order valence-corrected chi connectivity index (χ0v) is 27.6. The first kappa shape index (κ1) is 31.6. The summed E-state index contributed by atoms with van der Waals surface area (Å²) in [6, 6.07) is 54.5. The zero-order chi connectivity index (χ0) is 35.3. The fourth-order valence-electron chi connectivity index (χ4n) is 5.87. The molecule has 0 saturated carbocycles. The Morgan fingerprint density at radius 3 is 0.962 bits per heavy atom. The number of nitriles is 2. The minimum Gasteiger partial charge on any atom is -0.208 e. The summed E-state index contributed by atoms with van der Waals surface area (Å²) in [6.07, 6.45) is 0. The molecule has 6 aromatic carbocycles. The summed E-state index contributed by atoms with van der Waals surface area (Å²) < 4.78 is 0. The molecule has 0 aliphatic rings. The number of benzene rings is 6. The lowest BCUT2D eigenvalue weighted by Crippen LogP contribution is -2.02. The van der Waals surface area contributed by atoms with E-state index < -0.39 is 0 Å². The second kappa shape index (κ2) is 14.0. The van der Waals surface area contributed by atoms with Gasteiger partial charge in [0.15, 0.2) is 34.9 Å². The average Bonchev–Trinajstić information content (AvgIpc) is 3.24. The third-order valence-corrected chi connectivity index (χ3v) is 8.43. The monoisotopic (exact) mass is 666 g/mol. The molecule has 0 amide bonds. The molecule has 0 atom stereocenters. The largest absolute Gasteiger partial charge is 0.208 e. The first-order chi connectivity index (χ1) is 25.6. The molecule has 0 radical (unpaired) electrons. The fraction of sp³-hybridized carbons (Fsp3) is 0. The average molecular weight is 667 g/mol. The van der Waals surface area contributed by atoms with Gasteiger partial charge in [-0.2, -0.15) is 10.5 Å². The van der Waals surface area contributed by atoms with E-state index in [4.69, 9.17) is 29.9 Å². The summed E-state index contributed by atoms with van der Waals surface area (Å²) in [5.74, 6) is 2.94. The van der Waals surface area contributed by atoms with Crippen LogP contribution in [0.3, 0.4) is 0 Å². The number of hydrogen-bond acceptors (Lipinski definition) is 8. The fourth-order valence-corrected chi connectivity index (χ4v) is 5.87. The Labute approximate surface area is 300 Å². The number of rotatable bonds is 7. The number of aromatic nitrogens is 6. The van der Waals surface area contributed by atoms with E-state index in [9.17, 15) is 10.5 Å². The number of hydrogen-bond donors (Lipinski definition) is 0. The van der Waals surface area contributed by atoms with Gasteiger partial charge >= 0.3 is 0 Å². The summed E-state index contributed by atoms with van der Waals surface area (Å²) in [5.41, 5.74) is 6.82. The molecule has 8 aromatic rings. The smallest absolute Gasteiger partial charge is 0.164 e. The second-order valence-corrected chi connectivity index (χ2v) is 11.9. The van der Waals surface area contributed by atoms with Gasteiger partial charge in [-0.3, -0.25) is 0 Å². The molecule has 2 aromatic heterocycles. The minimum atomic E-state index is 0.360. The molecule has 0 saturated heterocycles. The quantitative estimate of drug-likeness (QED) is 0.165. The van der Waals surface area contributed by atoms with E-state index in [-0.39, 0.29) is 0 Å². The summed E-state index contributed by atoms with van der Waals surface area (Å²) in [7, 11) is 0. The van der Waals surface area contributed by atoms with Crippen LogP contribution in [0.5, 0.6) is 0 Å². The predicted octanol–water partition coefficient (Wildman–Crippen LogP) is 9.47. The van der Waals surface area contributed by atoms with Crippen LogP contribution in [-0.2, 0) is 0 Å². The van der Waals surface area contributed by atoms with E-state index in [0.29, 0.717) is 68.3 Å². The van der Waals surface area contributed by atoms with Crippen molar-refractivity contribution < 1.29 is 0 Å². The molecule has 0 aliphatic heterocycles. The third kappa shape index (κ3) is 6.51. The lowest BCUT2D eigenvalue weighted by molar-refractivity contribution is 1.07. The van der Waals surface area contributed by atoms with E-state index in [1.54, 1.807) is 18.2 Å². The topological polar surface area (TPSA) is 125 Å². The van der Waals surface area contributed by atoms with Crippen LogP contribution in [0, 0.1) is 22.7 Å². The Bertz CT molecular complexity index is 2370. The maximum Gasteiger partial charge on any atom is 0.164 e. The Hall–Kier alpha value is -7.68. The highest BCUT2D eigenvalue weighted by atomic mass is 15.0. The molecule has 2 heterocycles. The van der Waals surface area contributed by atoms with E-state index in [1.807, 2.05) is 140 Å². The Balaban J connectivity index is 1.40. The van der Waals surface area contributed by atoms with E-state index in [0.717, 1.165) is 22.3 Å². The standard InChI is InChI=1S/C44H26N8/c45-27-29-21-22-38(37(23-29)28-46)34-24-35(43-49-39(30-13-5-1-6-14-30)47-40(50-43)31-15-7-2-8-16-31)26-36(25-34)44-51-41(32-17-9-3-10-18-32)48-42(52-44)33-19-11-4-12-20-33/h1-26H. The van der Waals surface area contributed by atoms with Crippen LogP contribution in [0.1, 0.15) is 11.1 Å².